The predicted molar refractivity (Wildman–Crippen MR) is 63.9 cm³/mol. The summed E-state index contributed by atoms with van der Waals surface area (Å²) in [4.78, 5) is 10.6. The molecule has 0 aliphatic heterocycles. The number of carbonyl (C=O) groups is 1. The molecule has 0 bridgehead atoms. The largest absolute Gasteiger partial charge is 0.453 e. The Bertz CT molecular complexity index is 147. The van der Waals surface area contributed by atoms with Gasteiger partial charge in [0.15, 0.2) is 0 Å². The molecule has 2 N–H and O–H groups in total. The molecule has 0 aromatic carbocycles. The third-order valence-electron chi connectivity index (χ3n) is 1.34. The molecule has 1 amide bonds. The highest BCUT2D eigenvalue weighted by Crippen LogP contribution is 2.19. The fraction of sp³-hybridized carbons (Fsp3) is 0.875. The number of alkyl carbamates (subject to hydrolysis) is 1. The normalized spacial score (nSPS) is 9.86. The van der Waals surface area contributed by atoms with Crippen LogP contribution in [0.25, 0.3) is 0 Å². The average molecular weight is 238 g/mol. The summed E-state index contributed by atoms with van der Waals surface area (Å²) in [5.41, 5.74) is 0. The fourth-order valence-electron chi connectivity index (χ4n) is 0.675. The number of methoxy groups -OCH3 is 1. The van der Waals surface area contributed by atoms with Gasteiger partial charge in [-0.2, -0.15) is 0 Å². The molecule has 14 heavy (non-hydrogen) atoms. The molecule has 84 valence electrons. The van der Waals surface area contributed by atoms with Crippen molar-refractivity contribution >= 4 is 27.7 Å². The van der Waals surface area contributed by atoms with Gasteiger partial charge in [-0.15, -0.1) is 0 Å². The topological polar surface area (TPSA) is 50.4 Å². The Morgan fingerprint density at radius 1 is 1.29 bits per heavy atom. The molecule has 0 heterocycles. The Labute approximate surface area is 93.3 Å². The predicted octanol–water partition coefficient (Wildman–Crippen LogP) is 1.33. The highest BCUT2D eigenvalue weighted by Gasteiger charge is 1.96. The van der Waals surface area contributed by atoms with Gasteiger partial charge in [0.1, 0.15) is 0 Å². The lowest BCUT2D eigenvalue weighted by Gasteiger charge is -2.03. The molecule has 0 aromatic heterocycles. The van der Waals surface area contributed by atoms with Gasteiger partial charge in [0.25, 0.3) is 0 Å². The van der Waals surface area contributed by atoms with Crippen LogP contribution >= 0.6 is 21.6 Å². The first-order valence-corrected chi connectivity index (χ1v) is 7.07. The first-order valence-electron chi connectivity index (χ1n) is 4.58. The molecule has 6 heteroatoms. The Kier molecular flexibility index (Phi) is 11.0. The van der Waals surface area contributed by atoms with E-state index >= 15 is 0 Å². The second kappa shape index (κ2) is 11.0. The van der Waals surface area contributed by atoms with Crippen molar-refractivity contribution in [3.8, 4) is 0 Å². The van der Waals surface area contributed by atoms with Crippen molar-refractivity contribution in [2.24, 2.45) is 0 Å². The van der Waals surface area contributed by atoms with Gasteiger partial charge in [0.2, 0.25) is 0 Å². The van der Waals surface area contributed by atoms with E-state index in [4.69, 9.17) is 0 Å². The maximum Gasteiger partial charge on any atom is 0.406 e. The van der Waals surface area contributed by atoms with Crippen LogP contribution in [-0.4, -0.2) is 44.3 Å². The van der Waals surface area contributed by atoms with E-state index in [2.05, 4.69) is 22.3 Å². The number of hydrogen-bond acceptors (Lipinski definition) is 5. The van der Waals surface area contributed by atoms with Crippen LogP contribution in [0, 0.1) is 0 Å². The summed E-state index contributed by atoms with van der Waals surface area (Å²) < 4.78 is 4.43. The maximum atomic E-state index is 10.6. The van der Waals surface area contributed by atoms with Crippen LogP contribution in [0.1, 0.15) is 6.92 Å². The summed E-state index contributed by atoms with van der Waals surface area (Å²) in [5.74, 6) is 2.00. The maximum absolute atomic E-state index is 10.6. The second-order valence-corrected chi connectivity index (χ2v) is 5.12. The van der Waals surface area contributed by atoms with Crippen molar-refractivity contribution in [3.63, 3.8) is 0 Å². The van der Waals surface area contributed by atoms with E-state index in [1.165, 1.54) is 7.11 Å². The quantitative estimate of drug-likeness (QED) is 0.493. The van der Waals surface area contributed by atoms with Gasteiger partial charge in [-0.25, -0.2) is 4.79 Å². The summed E-state index contributed by atoms with van der Waals surface area (Å²) in [6, 6.07) is 0. The van der Waals surface area contributed by atoms with Crippen molar-refractivity contribution in [1.82, 2.24) is 10.6 Å². The molecule has 0 radical (unpaired) electrons. The Balaban J connectivity index is 2.95. The molecule has 0 aliphatic carbocycles. The molecule has 4 nitrogen and oxygen atoms in total. The highest BCUT2D eigenvalue weighted by atomic mass is 33.1. The SMILES string of the molecule is CCNCCSSCCNC(=O)OC. The van der Waals surface area contributed by atoms with Crippen LogP contribution in [0.4, 0.5) is 4.79 Å². The van der Waals surface area contributed by atoms with Crippen molar-refractivity contribution in [1.29, 1.82) is 0 Å². The molecule has 0 saturated carbocycles. The zero-order valence-electron chi connectivity index (χ0n) is 8.67. The zero-order chi connectivity index (χ0) is 10.6. The van der Waals surface area contributed by atoms with Crippen molar-refractivity contribution < 1.29 is 9.53 Å². The zero-order valence-corrected chi connectivity index (χ0v) is 10.3. The summed E-state index contributed by atoms with van der Waals surface area (Å²) in [6.07, 6.45) is -0.358. The molecule has 0 aromatic rings. The number of amides is 1. The van der Waals surface area contributed by atoms with E-state index in [1.54, 1.807) is 10.8 Å². The van der Waals surface area contributed by atoms with E-state index < -0.39 is 0 Å². The van der Waals surface area contributed by atoms with E-state index in [-0.39, 0.29) is 6.09 Å². The van der Waals surface area contributed by atoms with Crippen LogP contribution in [0.3, 0.4) is 0 Å². The number of ether oxygens (including phenoxy) is 1. The number of carbonyl (C=O) groups excluding carboxylic acids is 1. The van der Waals surface area contributed by atoms with E-state index in [1.807, 2.05) is 10.8 Å². The molecule has 0 spiro atoms. The van der Waals surface area contributed by atoms with Crippen LogP contribution < -0.4 is 10.6 Å². The lowest BCUT2D eigenvalue weighted by atomic mass is 10.7. The lowest BCUT2D eigenvalue weighted by molar-refractivity contribution is 0.172. The monoisotopic (exact) mass is 238 g/mol. The van der Waals surface area contributed by atoms with Crippen LogP contribution in [-0.2, 0) is 4.74 Å². The first-order chi connectivity index (χ1) is 6.81. The lowest BCUT2D eigenvalue weighted by Crippen LogP contribution is -2.25. The molecule has 0 unspecified atom stereocenters. The molecule has 0 saturated heterocycles. The van der Waals surface area contributed by atoms with Crippen molar-refractivity contribution in [2.45, 2.75) is 6.92 Å². The smallest absolute Gasteiger partial charge is 0.406 e. The van der Waals surface area contributed by atoms with Crippen LogP contribution in [0.5, 0.6) is 0 Å². The van der Waals surface area contributed by atoms with Crippen LogP contribution in [0.2, 0.25) is 0 Å². The minimum absolute atomic E-state index is 0.358. The second-order valence-electron chi connectivity index (χ2n) is 2.42. The molecular weight excluding hydrogens is 220 g/mol. The Morgan fingerprint density at radius 3 is 2.50 bits per heavy atom. The molecular formula is C8H18N2O2S2. The van der Waals surface area contributed by atoms with E-state index in [9.17, 15) is 4.79 Å². The van der Waals surface area contributed by atoms with E-state index in [0.29, 0.717) is 6.54 Å². The summed E-state index contributed by atoms with van der Waals surface area (Å²) >= 11 is 0. The number of rotatable bonds is 8. The number of hydrogen-bond donors (Lipinski definition) is 2. The Hall–Kier alpha value is -0.0700. The van der Waals surface area contributed by atoms with Gasteiger partial charge in [-0.05, 0) is 6.54 Å². The van der Waals surface area contributed by atoms with Gasteiger partial charge in [-0.1, -0.05) is 28.5 Å². The van der Waals surface area contributed by atoms with Crippen molar-refractivity contribution in [2.75, 3.05) is 38.2 Å². The first kappa shape index (κ1) is 13.9. The molecule has 0 atom stereocenters. The summed E-state index contributed by atoms with van der Waals surface area (Å²) in [7, 11) is 4.95. The molecule has 0 aliphatic rings. The van der Waals surface area contributed by atoms with Crippen LogP contribution in [0.15, 0.2) is 0 Å². The third-order valence-corrected chi connectivity index (χ3v) is 3.74. The fourth-order valence-corrected chi connectivity index (χ4v) is 2.53. The molecule has 0 rings (SSSR count). The summed E-state index contributed by atoms with van der Waals surface area (Å²) in [6.45, 7) is 4.82. The third kappa shape index (κ3) is 10.0. The minimum atomic E-state index is -0.358. The molecule has 0 fully saturated rings. The van der Waals surface area contributed by atoms with Crippen molar-refractivity contribution in [3.05, 3.63) is 0 Å². The Morgan fingerprint density at radius 2 is 1.93 bits per heavy atom. The standard InChI is InChI=1S/C8H18N2O2S2/c1-3-9-4-6-13-14-7-5-10-8(11)12-2/h9H,3-7H2,1-2H3,(H,10,11). The number of nitrogens with one attached hydrogen (secondary N) is 2. The minimum Gasteiger partial charge on any atom is -0.453 e. The highest BCUT2D eigenvalue weighted by molar-refractivity contribution is 8.76. The van der Waals surface area contributed by atoms with E-state index in [0.717, 1.165) is 24.6 Å². The van der Waals surface area contributed by atoms with Gasteiger partial charge in [0, 0.05) is 24.6 Å². The van der Waals surface area contributed by atoms with Gasteiger partial charge in [0.05, 0.1) is 7.11 Å². The van der Waals surface area contributed by atoms with Gasteiger partial charge in [-0.3, -0.25) is 0 Å². The van der Waals surface area contributed by atoms with Gasteiger partial charge < -0.3 is 15.4 Å². The van der Waals surface area contributed by atoms with Gasteiger partial charge >= 0.3 is 6.09 Å². The summed E-state index contributed by atoms with van der Waals surface area (Å²) in [5, 5.41) is 5.87. The average Bonchev–Trinajstić information content (AvgIpc) is 2.21.